The number of hydrogen-bond acceptors (Lipinski definition) is 4. The maximum atomic E-state index is 11.8. The van der Waals surface area contributed by atoms with Crippen molar-refractivity contribution >= 4 is 0 Å². The van der Waals surface area contributed by atoms with Crippen LogP contribution in [-0.2, 0) is 16.6 Å². The van der Waals surface area contributed by atoms with Crippen LogP contribution in [0.5, 0.6) is 5.75 Å². The normalized spacial score (nSPS) is 45.1. The van der Waals surface area contributed by atoms with E-state index in [9.17, 15) is 5.11 Å². The lowest BCUT2D eigenvalue weighted by atomic mass is 9.33. The van der Waals surface area contributed by atoms with Gasteiger partial charge in [-0.3, -0.25) is 0 Å². The number of hydrogen-bond donors (Lipinski definition) is 1. The van der Waals surface area contributed by atoms with Gasteiger partial charge in [-0.2, -0.15) is 0 Å². The van der Waals surface area contributed by atoms with Crippen molar-refractivity contribution < 1.29 is 14.6 Å². The van der Waals surface area contributed by atoms with Crippen LogP contribution < -0.4 is 4.74 Å². The molecule has 4 aliphatic carbocycles. The minimum atomic E-state index is -0.736. The fourth-order valence-electron chi connectivity index (χ4n) is 9.24. The third-order valence-corrected chi connectivity index (χ3v) is 10.4. The number of benzene rings is 1. The molecule has 1 aromatic rings. The molecule has 1 unspecified atom stereocenters. The molecule has 1 N–H and O–H groups in total. The lowest BCUT2D eigenvalue weighted by molar-refractivity contribution is -0.301. The van der Waals surface area contributed by atoms with Crippen LogP contribution in [0, 0.1) is 18.3 Å². The third kappa shape index (κ3) is 1.88. The summed E-state index contributed by atoms with van der Waals surface area (Å²) in [6, 6.07) is 5.14. The van der Waals surface area contributed by atoms with E-state index < -0.39 is 11.2 Å². The minimum Gasteiger partial charge on any atom is -0.486 e. The van der Waals surface area contributed by atoms with Crippen LogP contribution >= 0.6 is 0 Å². The average Bonchev–Trinajstić information content (AvgIpc) is 3.09. The fourth-order valence-corrected chi connectivity index (χ4v) is 9.24. The Balaban J connectivity index is 1.64. The lowest BCUT2D eigenvalue weighted by Gasteiger charge is -2.74. The van der Waals surface area contributed by atoms with Crippen LogP contribution in [0.25, 0.3) is 0 Å². The molecule has 4 bridgehead atoms. The molecule has 2 heterocycles. The van der Waals surface area contributed by atoms with Crippen LogP contribution in [-0.4, -0.2) is 54.1 Å². The first-order valence-corrected chi connectivity index (χ1v) is 12.0. The molecule has 1 saturated heterocycles. The molecule has 1 aromatic carbocycles. The van der Waals surface area contributed by atoms with Crippen molar-refractivity contribution in [1.82, 2.24) is 4.90 Å². The second-order valence-electron chi connectivity index (χ2n) is 11.3. The smallest absolute Gasteiger partial charge is 0.138 e. The Morgan fingerprint density at radius 1 is 1.30 bits per heavy atom. The molecule has 7 rings (SSSR count). The van der Waals surface area contributed by atoms with Crippen molar-refractivity contribution in [1.29, 1.82) is 0 Å². The number of fused-ring (bicyclic) bond motifs is 2. The molecule has 0 amide bonds. The van der Waals surface area contributed by atoms with Gasteiger partial charge in [-0.15, -0.1) is 0 Å². The number of piperidine rings is 1. The summed E-state index contributed by atoms with van der Waals surface area (Å²) in [6.45, 7) is 7.56. The van der Waals surface area contributed by atoms with Crippen molar-refractivity contribution in [2.75, 3.05) is 20.7 Å². The highest BCUT2D eigenvalue weighted by molar-refractivity contribution is 5.61. The van der Waals surface area contributed by atoms with Gasteiger partial charge >= 0.3 is 0 Å². The Hall–Kier alpha value is -1.10. The summed E-state index contributed by atoms with van der Waals surface area (Å²) < 4.78 is 13.5. The third-order valence-electron chi connectivity index (χ3n) is 10.4. The van der Waals surface area contributed by atoms with Crippen LogP contribution in [0.1, 0.15) is 69.1 Å². The van der Waals surface area contributed by atoms with Gasteiger partial charge in [0.05, 0.1) is 5.60 Å². The molecular formula is C26H37NO3. The average molecular weight is 412 g/mol. The zero-order valence-electron chi connectivity index (χ0n) is 19.3. The Morgan fingerprint density at radius 3 is 2.83 bits per heavy atom. The first-order chi connectivity index (χ1) is 14.3. The molecular weight excluding hydrogens is 374 g/mol. The Kier molecular flexibility index (Phi) is 3.80. The topological polar surface area (TPSA) is 41.9 Å². The van der Waals surface area contributed by atoms with E-state index in [0.29, 0.717) is 6.04 Å². The number of nitrogens with zero attached hydrogens (tertiary/aromatic N) is 1. The molecule has 2 aliphatic heterocycles. The molecule has 2 spiro atoms. The second-order valence-corrected chi connectivity index (χ2v) is 11.3. The quantitative estimate of drug-likeness (QED) is 0.813. The Labute approximate surface area is 180 Å². The predicted octanol–water partition coefficient (Wildman–Crippen LogP) is 3.99. The molecule has 4 nitrogen and oxygen atoms in total. The number of aliphatic hydroxyl groups is 1. The summed E-state index contributed by atoms with van der Waals surface area (Å²) >= 11 is 0. The van der Waals surface area contributed by atoms with Crippen molar-refractivity contribution in [3.63, 3.8) is 0 Å². The first kappa shape index (κ1) is 19.6. The summed E-state index contributed by atoms with van der Waals surface area (Å²) in [7, 11) is 4.20. The van der Waals surface area contributed by atoms with E-state index in [1.165, 1.54) is 23.1 Å². The van der Waals surface area contributed by atoms with Crippen LogP contribution in [0.2, 0.25) is 0 Å². The maximum Gasteiger partial charge on any atom is 0.138 e. The highest BCUT2D eigenvalue weighted by Crippen LogP contribution is 2.77. The van der Waals surface area contributed by atoms with Crippen LogP contribution in [0.4, 0.5) is 0 Å². The van der Waals surface area contributed by atoms with Gasteiger partial charge in [-0.25, -0.2) is 0 Å². The lowest BCUT2D eigenvalue weighted by Crippen LogP contribution is -2.82. The largest absolute Gasteiger partial charge is 0.486 e. The van der Waals surface area contributed by atoms with Gasteiger partial charge in [0, 0.05) is 35.5 Å². The summed E-state index contributed by atoms with van der Waals surface area (Å²) in [4.78, 5) is 2.62. The van der Waals surface area contributed by atoms with Crippen molar-refractivity contribution in [3.05, 3.63) is 28.8 Å². The molecule has 6 aliphatic rings. The summed E-state index contributed by atoms with van der Waals surface area (Å²) in [5, 5.41) is 11.8. The minimum absolute atomic E-state index is 0.0113. The highest BCUT2D eigenvalue weighted by atomic mass is 16.6. The van der Waals surface area contributed by atoms with Gasteiger partial charge in [0.1, 0.15) is 17.5 Å². The predicted molar refractivity (Wildman–Crippen MR) is 117 cm³/mol. The second kappa shape index (κ2) is 5.82. The Morgan fingerprint density at radius 2 is 2.10 bits per heavy atom. The van der Waals surface area contributed by atoms with Crippen molar-refractivity contribution in [2.45, 2.75) is 94.5 Å². The van der Waals surface area contributed by atoms with Gasteiger partial charge in [0.15, 0.2) is 0 Å². The summed E-state index contributed by atoms with van der Waals surface area (Å²) in [5.41, 5.74) is 3.32. The SMILES string of the molecule is CCC[C@@](C)(O)C1C[C@@]23CC[C@]1(OC)[C@@H]1Oc4c(C)ccc5c4[C@@]12CCN(C)[C@@H]3C5. The Bertz CT molecular complexity index is 912. The van der Waals surface area contributed by atoms with Gasteiger partial charge in [0.2, 0.25) is 0 Å². The number of ether oxygens (including phenoxy) is 2. The van der Waals surface area contributed by atoms with E-state index in [0.717, 1.165) is 50.8 Å². The molecule has 4 fully saturated rings. The molecule has 4 heteroatoms. The maximum absolute atomic E-state index is 11.8. The van der Waals surface area contributed by atoms with E-state index in [1.807, 2.05) is 7.11 Å². The number of rotatable bonds is 4. The number of likely N-dealkylation sites (tertiary alicyclic amines) is 1. The van der Waals surface area contributed by atoms with E-state index in [-0.39, 0.29) is 22.9 Å². The van der Waals surface area contributed by atoms with Crippen molar-refractivity contribution in [3.8, 4) is 5.75 Å². The molecule has 0 radical (unpaired) electrons. The zero-order valence-corrected chi connectivity index (χ0v) is 19.3. The van der Waals surface area contributed by atoms with Crippen LogP contribution in [0.3, 0.4) is 0 Å². The van der Waals surface area contributed by atoms with E-state index >= 15 is 0 Å². The number of likely N-dealkylation sites (N-methyl/N-ethyl adjacent to an activating group) is 1. The summed E-state index contributed by atoms with van der Waals surface area (Å²) in [5.74, 6) is 1.25. The fraction of sp³-hybridized carbons (Fsp3) is 0.769. The molecule has 7 atom stereocenters. The van der Waals surface area contributed by atoms with Crippen molar-refractivity contribution in [2.24, 2.45) is 11.3 Å². The molecule has 30 heavy (non-hydrogen) atoms. The van der Waals surface area contributed by atoms with Gasteiger partial charge in [-0.05, 0) is 77.1 Å². The number of methoxy groups -OCH3 is 1. The van der Waals surface area contributed by atoms with E-state index in [1.54, 1.807) is 0 Å². The summed E-state index contributed by atoms with van der Waals surface area (Å²) in [6.07, 6.45) is 7.29. The van der Waals surface area contributed by atoms with Gasteiger partial charge in [-0.1, -0.05) is 25.5 Å². The highest BCUT2D eigenvalue weighted by Gasteiger charge is 2.81. The van der Waals surface area contributed by atoms with Crippen LogP contribution in [0.15, 0.2) is 12.1 Å². The van der Waals surface area contributed by atoms with Gasteiger partial charge in [0.25, 0.3) is 0 Å². The molecule has 0 aromatic heterocycles. The zero-order chi connectivity index (χ0) is 21.1. The first-order valence-electron chi connectivity index (χ1n) is 12.0. The monoisotopic (exact) mass is 411 g/mol. The number of aryl methyl sites for hydroxylation is 1. The van der Waals surface area contributed by atoms with E-state index in [4.69, 9.17) is 9.47 Å². The molecule has 164 valence electrons. The van der Waals surface area contributed by atoms with Gasteiger partial charge < -0.3 is 19.5 Å². The standard InChI is InChI=1S/C26H37NO3/c1-6-9-23(3,28)18-15-24-10-11-26(18,29-5)22-25(24)12-13-27(4)19(24)14-17-8-7-16(2)21(30-22)20(17)25/h7-8,18-19,22,28H,6,9-15H2,1-5H3/t18?,19-,22-,23-,24-,25+,26-/m1/s1. The van der Waals surface area contributed by atoms with E-state index in [2.05, 4.69) is 44.9 Å². The molecule has 3 saturated carbocycles.